The maximum atomic E-state index is 13.6. The Morgan fingerprint density at radius 1 is 1.44 bits per heavy atom. The van der Waals surface area contributed by atoms with Crippen LogP contribution in [0.2, 0.25) is 5.02 Å². The van der Waals surface area contributed by atoms with E-state index in [1.807, 2.05) is 0 Å². The van der Waals surface area contributed by atoms with Gasteiger partial charge in [-0.15, -0.1) is 0 Å². The highest BCUT2D eigenvalue weighted by Gasteiger charge is 2.05. The van der Waals surface area contributed by atoms with Gasteiger partial charge in [-0.1, -0.05) is 11.6 Å². The molecule has 0 aliphatic carbocycles. The van der Waals surface area contributed by atoms with Gasteiger partial charge in [0.2, 0.25) is 5.95 Å². The molecule has 0 bridgehead atoms. The summed E-state index contributed by atoms with van der Waals surface area (Å²) in [6.45, 7) is 3.60. The molecule has 18 heavy (non-hydrogen) atoms. The standard InChI is InChI=1S/C12H12ClFN4/c1-7-3-9(11(14)4-10(7)13)5-16-18-6-8(2)17-12(18)15/h3-6H,1-2H3,(H2,15,17). The Balaban J connectivity index is 2.34. The normalized spacial score (nSPS) is 11.3. The highest BCUT2D eigenvalue weighted by atomic mass is 35.5. The minimum Gasteiger partial charge on any atom is -0.368 e. The molecule has 1 aromatic carbocycles. The summed E-state index contributed by atoms with van der Waals surface area (Å²) >= 11 is 5.81. The van der Waals surface area contributed by atoms with Gasteiger partial charge in [0.15, 0.2) is 0 Å². The number of imidazole rings is 1. The van der Waals surface area contributed by atoms with Gasteiger partial charge in [-0.05, 0) is 31.5 Å². The van der Waals surface area contributed by atoms with E-state index in [9.17, 15) is 4.39 Å². The number of hydrogen-bond acceptors (Lipinski definition) is 3. The molecule has 6 heteroatoms. The minimum atomic E-state index is -0.426. The highest BCUT2D eigenvalue weighted by molar-refractivity contribution is 6.31. The van der Waals surface area contributed by atoms with E-state index in [1.165, 1.54) is 17.0 Å². The molecular formula is C12H12ClFN4. The molecule has 4 nitrogen and oxygen atoms in total. The summed E-state index contributed by atoms with van der Waals surface area (Å²) in [5.74, 6) is -0.167. The van der Waals surface area contributed by atoms with Gasteiger partial charge in [0.1, 0.15) is 5.82 Å². The van der Waals surface area contributed by atoms with Gasteiger partial charge < -0.3 is 5.73 Å². The Morgan fingerprint density at radius 2 is 2.17 bits per heavy atom. The fourth-order valence-electron chi connectivity index (χ4n) is 1.50. The number of aromatic nitrogens is 2. The Kier molecular flexibility index (Phi) is 3.34. The average Bonchev–Trinajstić information content (AvgIpc) is 2.61. The van der Waals surface area contributed by atoms with Crippen molar-refractivity contribution in [2.45, 2.75) is 13.8 Å². The molecule has 0 atom stereocenters. The summed E-state index contributed by atoms with van der Waals surface area (Å²) in [5.41, 5.74) is 7.50. The van der Waals surface area contributed by atoms with Crippen LogP contribution in [0.1, 0.15) is 16.8 Å². The van der Waals surface area contributed by atoms with Crippen molar-refractivity contribution in [1.82, 2.24) is 9.66 Å². The minimum absolute atomic E-state index is 0.259. The number of nitrogens with two attached hydrogens (primary N) is 1. The third kappa shape index (κ3) is 2.51. The van der Waals surface area contributed by atoms with E-state index in [1.54, 1.807) is 26.1 Å². The summed E-state index contributed by atoms with van der Waals surface area (Å²) in [7, 11) is 0. The molecule has 94 valence electrons. The first-order valence-corrected chi connectivity index (χ1v) is 5.66. The van der Waals surface area contributed by atoms with Crippen molar-refractivity contribution in [1.29, 1.82) is 0 Å². The second kappa shape index (κ2) is 4.78. The zero-order valence-corrected chi connectivity index (χ0v) is 10.7. The molecule has 0 unspecified atom stereocenters. The molecule has 2 N–H and O–H groups in total. The third-order valence-corrected chi connectivity index (χ3v) is 2.84. The van der Waals surface area contributed by atoms with Gasteiger partial charge in [-0.25, -0.2) is 14.1 Å². The van der Waals surface area contributed by atoms with E-state index >= 15 is 0 Å². The van der Waals surface area contributed by atoms with Crippen LogP contribution in [0.15, 0.2) is 23.4 Å². The van der Waals surface area contributed by atoms with Crippen molar-refractivity contribution >= 4 is 23.8 Å². The lowest BCUT2D eigenvalue weighted by Crippen LogP contribution is -1.98. The van der Waals surface area contributed by atoms with Crippen LogP contribution in [0.3, 0.4) is 0 Å². The monoisotopic (exact) mass is 266 g/mol. The van der Waals surface area contributed by atoms with Crippen molar-refractivity contribution in [3.8, 4) is 0 Å². The van der Waals surface area contributed by atoms with Crippen molar-refractivity contribution in [3.63, 3.8) is 0 Å². The molecule has 1 heterocycles. The number of aryl methyl sites for hydroxylation is 2. The van der Waals surface area contributed by atoms with Gasteiger partial charge in [-0.2, -0.15) is 5.10 Å². The number of nitrogens with zero attached hydrogens (tertiary/aromatic N) is 3. The molecule has 0 spiro atoms. The van der Waals surface area contributed by atoms with Gasteiger partial charge in [0, 0.05) is 10.6 Å². The SMILES string of the molecule is Cc1cn(N=Cc2cc(C)c(Cl)cc2F)c(N)n1. The molecule has 2 rings (SSSR count). The second-order valence-corrected chi connectivity index (χ2v) is 4.36. The number of anilines is 1. The van der Waals surface area contributed by atoms with Crippen LogP contribution in [0.5, 0.6) is 0 Å². The lowest BCUT2D eigenvalue weighted by atomic mass is 10.1. The molecule has 0 aliphatic rings. The maximum absolute atomic E-state index is 13.6. The smallest absolute Gasteiger partial charge is 0.221 e. The molecule has 0 saturated carbocycles. The number of nitrogen functional groups attached to an aromatic ring is 1. The number of hydrogen-bond donors (Lipinski definition) is 1. The van der Waals surface area contributed by atoms with E-state index in [2.05, 4.69) is 10.1 Å². The summed E-state index contributed by atoms with van der Waals surface area (Å²) in [6, 6.07) is 2.89. The van der Waals surface area contributed by atoms with Gasteiger partial charge in [0.25, 0.3) is 0 Å². The van der Waals surface area contributed by atoms with Crippen LogP contribution in [-0.4, -0.2) is 15.9 Å². The first-order chi connectivity index (χ1) is 8.47. The lowest BCUT2D eigenvalue weighted by Gasteiger charge is -2.01. The van der Waals surface area contributed by atoms with E-state index < -0.39 is 5.82 Å². The first-order valence-electron chi connectivity index (χ1n) is 5.29. The Bertz CT molecular complexity index is 619. The molecule has 0 saturated heterocycles. The van der Waals surface area contributed by atoms with Crippen LogP contribution in [-0.2, 0) is 0 Å². The van der Waals surface area contributed by atoms with Crippen LogP contribution in [0.25, 0.3) is 0 Å². The zero-order valence-electron chi connectivity index (χ0n) is 9.98. The van der Waals surface area contributed by atoms with E-state index in [4.69, 9.17) is 17.3 Å². The second-order valence-electron chi connectivity index (χ2n) is 3.95. The molecule has 2 aromatic rings. The fourth-order valence-corrected chi connectivity index (χ4v) is 1.65. The topological polar surface area (TPSA) is 56.2 Å². The first kappa shape index (κ1) is 12.6. The Hall–Kier alpha value is -1.88. The third-order valence-electron chi connectivity index (χ3n) is 2.43. The van der Waals surface area contributed by atoms with Crippen LogP contribution >= 0.6 is 11.6 Å². The lowest BCUT2D eigenvalue weighted by molar-refractivity contribution is 0.625. The Labute approximate surface area is 109 Å². The van der Waals surface area contributed by atoms with Crippen molar-refractivity contribution < 1.29 is 4.39 Å². The number of halogens is 2. The van der Waals surface area contributed by atoms with Gasteiger partial charge in [0.05, 0.1) is 18.1 Å². The van der Waals surface area contributed by atoms with Gasteiger partial charge in [-0.3, -0.25) is 0 Å². The average molecular weight is 267 g/mol. The summed E-state index contributed by atoms with van der Waals surface area (Å²) < 4.78 is 15.0. The molecule has 0 radical (unpaired) electrons. The van der Waals surface area contributed by atoms with Crippen molar-refractivity contribution in [3.05, 3.63) is 46.0 Å². The molecule has 0 fully saturated rings. The summed E-state index contributed by atoms with van der Waals surface area (Å²) in [4.78, 5) is 3.99. The summed E-state index contributed by atoms with van der Waals surface area (Å²) in [5, 5.41) is 4.44. The van der Waals surface area contributed by atoms with Crippen molar-refractivity contribution in [2.24, 2.45) is 5.10 Å². The van der Waals surface area contributed by atoms with Crippen molar-refractivity contribution in [2.75, 3.05) is 5.73 Å². The van der Waals surface area contributed by atoms with E-state index in [-0.39, 0.29) is 5.95 Å². The molecule has 1 aromatic heterocycles. The maximum Gasteiger partial charge on any atom is 0.221 e. The van der Waals surface area contributed by atoms with Crippen LogP contribution in [0, 0.1) is 19.7 Å². The highest BCUT2D eigenvalue weighted by Crippen LogP contribution is 2.19. The Morgan fingerprint density at radius 3 is 2.78 bits per heavy atom. The number of benzene rings is 1. The summed E-state index contributed by atoms with van der Waals surface area (Å²) in [6.07, 6.45) is 3.04. The molecule has 0 aliphatic heterocycles. The van der Waals surface area contributed by atoms with Crippen LogP contribution < -0.4 is 5.73 Å². The van der Waals surface area contributed by atoms with E-state index in [0.29, 0.717) is 10.6 Å². The predicted octanol–water partition coefficient (Wildman–Crippen LogP) is 2.76. The zero-order chi connectivity index (χ0) is 13.3. The van der Waals surface area contributed by atoms with Crippen LogP contribution in [0.4, 0.5) is 10.3 Å². The van der Waals surface area contributed by atoms with E-state index in [0.717, 1.165) is 11.3 Å². The largest absolute Gasteiger partial charge is 0.368 e. The van der Waals surface area contributed by atoms with Gasteiger partial charge >= 0.3 is 0 Å². The quantitative estimate of drug-likeness (QED) is 0.850. The molecular weight excluding hydrogens is 255 g/mol. The molecule has 0 amide bonds. The predicted molar refractivity (Wildman–Crippen MR) is 70.5 cm³/mol. The fraction of sp³-hybridized carbons (Fsp3) is 0.167. The number of rotatable bonds is 2.